The number of hydrogen-bond donors (Lipinski definition) is 2. The van der Waals surface area contributed by atoms with Gasteiger partial charge in [-0.15, -0.1) is 0 Å². The molecule has 2 N–H and O–H groups in total. The van der Waals surface area contributed by atoms with Crippen LogP contribution in [0.5, 0.6) is 0 Å². The molecule has 1 aliphatic carbocycles. The van der Waals surface area contributed by atoms with E-state index in [2.05, 4.69) is 22.5 Å². The maximum absolute atomic E-state index is 12.7. The van der Waals surface area contributed by atoms with Crippen molar-refractivity contribution in [2.24, 2.45) is 16.8 Å². The SMILES string of the molecule is CN=C(NCCC(=O)N1CCCC(C)C1)NC1CCN(C(=O)C2CCCCC2)C1. The highest BCUT2D eigenvalue weighted by atomic mass is 16.2. The van der Waals surface area contributed by atoms with Gasteiger partial charge in [0.05, 0.1) is 0 Å². The van der Waals surface area contributed by atoms with Crippen molar-refractivity contribution in [1.82, 2.24) is 20.4 Å². The molecule has 3 aliphatic rings. The lowest BCUT2D eigenvalue weighted by Gasteiger charge is -2.31. The minimum atomic E-state index is 0.227. The van der Waals surface area contributed by atoms with Crippen LogP contribution in [0.1, 0.15) is 64.7 Å². The van der Waals surface area contributed by atoms with Gasteiger partial charge in [-0.1, -0.05) is 26.2 Å². The predicted molar refractivity (Wildman–Crippen MR) is 116 cm³/mol. The van der Waals surface area contributed by atoms with Crippen molar-refractivity contribution in [1.29, 1.82) is 0 Å². The number of nitrogens with one attached hydrogen (secondary N) is 2. The summed E-state index contributed by atoms with van der Waals surface area (Å²) >= 11 is 0. The first-order valence-electron chi connectivity index (χ1n) is 11.6. The van der Waals surface area contributed by atoms with Gasteiger partial charge in [0.25, 0.3) is 0 Å². The minimum Gasteiger partial charge on any atom is -0.356 e. The zero-order valence-corrected chi connectivity index (χ0v) is 18.3. The lowest BCUT2D eigenvalue weighted by atomic mass is 9.88. The summed E-state index contributed by atoms with van der Waals surface area (Å²) in [6.07, 6.45) is 9.54. The molecule has 2 saturated heterocycles. The standard InChI is InChI=1S/C22H39N5O2/c1-17-7-6-13-26(15-17)20(28)10-12-24-22(23-2)25-19-11-14-27(16-19)21(29)18-8-4-3-5-9-18/h17-19H,3-16H2,1-2H3,(H2,23,24,25). The highest BCUT2D eigenvalue weighted by Crippen LogP contribution is 2.26. The number of guanidine groups is 1. The molecule has 2 aliphatic heterocycles. The molecular formula is C22H39N5O2. The third-order valence-electron chi connectivity index (χ3n) is 6.66. The topological polar surface area (TPSA) is 77.0 Å². The van der Waals surface area contributed by atoms with Crippen molar-refractivity contribution in [3.63, 3.8) is 0 Å². The van der Waals surface area contributed by atoms with Crippen LogP contribution in [0, 0.1) is 11.8 Å². The number of piperidine rings is 1. The second kappa shape index (κ2) is 10.8. The summed E-state index contributed by atoms with van der Waals surface area (Å²) in [4.78, 5) is 33.5. The van der Waals surface area contributed by atoms with E-state index in [1.807, 2.05) is 9.80 Å². The summed E-state index contributed by atoms with van der Waals surface area (Å²) in [5, 5.41) is 6.71. The number of nitrogens with zero attached hydrogens (tertiary/aromatic N) is 3. The quantitative estimate of drug-likeness (QED) is 0.542. The maximum atomic E-state index is 12.7. The van der Waals surface area contributed by atoms with E-state index in [9.17, 15) is 9.59 Å². The molecule has 0 bridgehead atoms. The maximum Gasteiger partial charge on any atom is 0.225 e. The van der Waals surface area contributed by atoms with Crippen LogP contribution in [-0.4, -0.2) is 73.4 Å². The fourth-order valence-electron chi connectivity index (χ4n) is 4.94. The Labute approximate surface area is 175 Å². The molecule has 2 atom stereocenters. The Morgan fingerprint density at radius 3 is 2.48 bits per heavy atom. The van der Waals surface area contributed by atoms with E-state index < -0.39 is 0 Å². The fraction of sp³-hybridized carbons (Fsp3) is 0.864. The van der Waals surface area contributed by atoms with Crippen molar-refractivity contribution in [3.8, 4) is 0 Å². The van der Waals surface area contributed by atoms with Crippen LogP contribution in [0.3, 0.4) is 0 Å². The molecular weight excluding hydrogens is 366 g/mol. The highest BCUT2D eigenvalue weighted by molar-refractivity contribution is 5.82. The molecule has 1 saturated carbocycles. The summed E-state index contributed by atoms with van der Waals surface area (Å²) in [6, 6.07) is 0.229. The monoisotopic (exact) mass is 405 g/mol. The molecule has 164 valence electrons. The van der Waals surface area contributed by atoms with Gasteiger partial charge in [0.2, 0.25) is 11.8 Å². The Kier molecular flexibility index (Phi) is 8.19. The molecule has 0 aromatic heterocycles. The summed E-state index contributed by atoms with van der Waals surface area (Å²) in [7, 11) is 1.75. The van der Waals surface area contributed by atoms with Gasteiger partial charge in [0.1, 0.15) is 0 Å². The highest BCUT2D eigenvalue weighted by Gasteiger charge is 2.31. The number of rotatable bonds is 5. The molecule has 2 amide bonds. The number of hydrogen-bond acceptors (Lipinski definition) is 3. The average Bonchev–Trinajstić information content (AvgIpc) is 3.21. The van der Waals surface area contributed by atoms with Gasteiger partial charge in [-0.2, -0.15) is 0 Å². The normalized spacial score (nSPS) is 26.5. The van der Waals surface area contributed by atoms with Crippen molar-refractivity contribution in [2.45, 2.75) is 70.8 Å². The van der Waals surface area contributed by atoms with Crippen molar-refractivity contribution in [3.05, 3.63) is 0 Å². The molecule has 2 heterocycles. The Morgan fingerprint density at radius 1 is 0.966 bits per heavy atom. The lowest BCUT2D eigenvalue weighted by molar-refractivity contribution is -0.135. The Balaban J connectivity index is 1.36. The van der Waals surface area contributed by atoms with Crippen LogP contribution in [0.4, 0.5) is 0 Å². The van der Waals surface area contributed by atoms with Gasteiger partial charge in [-0.25, -0.2) is 0 Å². The molecule has 0 aromatic rings. The van der Waals surface area contributed by atoms with Crippen LogP contribution in [0.25, 0.3) is 0 Å². The minimum absolute atomic E-state index is 0.227. The molecule has 0 spiro atoms. The number of aliphatic imine (C=N–C) groups is 1. The van der Waals surface area contributed by atoms with Gasteiger partial charge in [0, 0.05) is 58.2 Å². The van der Waals surface area contributed by atoms with Crippen molar-refractivity contribution in [2.75, 3.05) is 39.8 Å². The zero-order chi connectivity index (χ0) is 20.6. The summed E-state index contributed by atoms with van der Waals surface area (Å²) in [5.74, 6) is 2.14. The Hall–Kier alpha value is -1.79. The van der Waals surface area contributed by atoms with E-state index >= 15 is 0 Å². The molecule has 0 aromatic carbocycles. The Bertz CT molecular complexity index is 588. The number of likely N-dealkylation sites (tertiary alicyclic amines) is 2. The van der Waals surface area contributed by atoms with E-state index in [0.29, 0.717) is 24.8 Å². The lowest BCUT2D eigenvalue weighted by Crippen LogP contribution is -2.46. The van der Waals surface area contributed by atoms with Crippen LogP contribution < -0.4 is 10.6 Å². The van der Waals surface area contributed by atoms with Gasteiger partial charge >= 0.3 is 0 Å². The molecule has 29 heavy (non-hydrogen) atoms. The van der Waals surface area contributed by atoms with Crippen LogP contribution in [-0.2, 0) is 9.59 Å². The molecule has 2 unspecified atom stereocenters. The molecule has 0 radical (unpaired) electrons. The van der Waals surface area contributed by atoms with Gasteiger partial charge < -0.3 is 20.4 Å². The van der Waals surface area contributed by atoms with Gasteiger partial charge in [-0.3, -0.25) is 14.6 Å². The second-order valence-corrected chi connectivity index (χ2v) is 9.09. The van der Waals surface area contributed by atoms with Crippen molar-refractivity contribution >= 4 is 17.8 Å². The van der Waals surface area contributed by atoms with Crippen LogP contribution in [0.15, 0.2) is 4.99 Å². The third-order valence-corrected chi connectivity index (χ3v) is 6.66. The van der Waals surface area contributed by atoms with Crippen LogP contribution >= 0.6 is 0 Å². The second-order valence-electron chi connectivity index (χ2n) is 9.09. The first-order chi connectivity index (χ1) is 14.1. The number of amides is 2. The first kappa shape index (κ1) is 21.9. The van der Waals surface area contributed by atoms with E-state index in [1.54, 1.807) is 7.05 Å². The Morgan fingerprint density at radius 2 is 1.76 bits per heavy atom. The third kappa shape index (κ3) is 6.34. The fourth-order valence-corrected chi connectivity index (χ4v) is 4.94. The average molecular weight is 406 g/mol. The van der Waals surface area contributed by atoms with Gasteiger partial charge in [0.15, 0.2) is 5.96 Å². The first-order valence-corrected chi connectivity index (χ1v) is 11.6. The number of carbonyl (C=O) groups excluding carboxylic acids is 2. The van der Waals surface area contributed by atoms with E-state index in [0.717, 1.165) is 57.8 Å². The number of carbonyl (C=O) groups is 2. The van der Waals surface area contributed by atoms with Crippen molar-refractivity contribution < 1.29 is 9.59 Å². The largest absolute Gasteiger partial charge is 0.356 e. The van der Waals surface area contributed by atoms with Crippen LogP contribution in [0.2, 0.25) is 0 Å². The molecule has 3 rings (SSSR count). The smallest absolute Gasteiger partial charge is 0.225 e. The summed E-state index contributed by atoms with van der Waals surface area (Å²) in [6.45, 7) is 6.16. The predicted octanol–water partition coefficient (Wildman–Crippen LogP) is 1.98. The summed E-state index contributed by atoms with van der Waals surface area (Å²) < 4.78 is 0. The molecule has 7 nitrogen and oxygen atoms in total. The van der Waals surface area contributed by atoms with E-state index in [-0.39, 0.29) is 17.9 Å². The molecule has 3 fully saturated rings. The van der Waals surface area contributed by atoms with E-state index in [4.69, 9.17) is 0 Å². The summed E-state index contributed by atoms with van der Waals surface area (Å²) in [5.41, 5.74) is 0. The zero-order valence-electron chi connectivity index (χ0n) is 18.3. The van der Waals surface area contributed by atoms with Gasteiger partial charge in [-0.05, 0) is 38.0 Å². The van der Waals surface area contributed by atoms with E-state index in [1.165, 1.54) is 25.7 Å². The molecule has 7 heteroatoms.